The zero-order valence-electron chi connectivity index (χ0n) is 16.4. The zero-order chi connectivity index (χ0) is 20.5. The molecule has 0 radical (unpaired) electrons. The van der Waals surface area contributed by atoms with Gasteiger partial charge >= 0.3 is 5.97 Å². The summed E-state index contributed by atoms with van der Waals surface area (Å²) >= 11 is 0. The summed E-state index contributed by atoms with van der Waals surface area (Å²) in [7, 11) is 4.48. The Labute approximate surface area is 167 Å². The van der Waals surface area contributed by atoms with E-state index in [2.05, 4.69) is 0 Å². The lowest BCUT2D eigenvalue weighted by atomic mass is 9.84. The number of fused-ring (bicyclic) bond motifs is 1. The molecule has 2 aliphatic rings. The predicted octanol–water partition coefficient (Wildman–Crippen LogP) is 2.65. The largest absolute Gasteiger partial charge is 0.502 e. The van der Waals surface area contributed by atoms with Gasteiger partial charge < -0.3 is 33.5 Å². The normalized spacial score (nSPS) is 19.8. The number of hydrogen-bond donors (Lipinski definition) is 1. The van der Waals surface area contributed by atoms with Crippen LogP contribution in [-0.2, 0) is 16.0 Å². The molecule has 8 heteroatoms. The van der Waals surface area contributed by atoms with E-state index in [4.69, 9.17) is 28.4 Å². The van der Waals surface area contributed by atoms with Gasteiger partial charge in [0.2, 0.25) is 18.3 Å². The van der Waals surface area contributed by atoms with E-state index in [1.807, 2.05) is 12.1 Å². The highest BCUT2D eigenvalue weighted by molar-refractivity contribution is 5.77. The Morgan fingerprint density at radius 1 is 0.966 bits per heavy atom. The van der Waals surface area contributed by atoms with E-state index in [-0.39, 0.29) is 42.5 Å². The maximum absolute atomic E-state index is 12.5. The van der Waals surface area contributed by atoms with Crippen molar-refractivity contribution >= 4 is 5.97 Å². The molecule has 1 saturated heterocycles. The smallest absolute Gasteiger partial charge is 0.310 e. The number of ether oxygens (including phenoxy) is 6. The van der Waals surface area contributed by atoms with Gasteiger partial charge in [-0.3, -0.25) is 4.79 Å². The molecule has 0 aliphatic carbocycles. The molecule has 1 N–H and O–H groups in total. The van der Waals surface area contributed by atoms with Gasteiger partial charge in [-0.05, 0) is 41.8 Å². The van der Waals surface area contributed by atoms with Gasteiger partial charge in [-0.1, -0.05) is 0 Å². The van der Waals surface area contributed by atoms with Gasteiger partial charge in [0.15, 0.2) is 23.0 Å². The number of carbonyl (C=O) groups excluding carboxylic acids is 1. The second kappa shape index (κ2) is 7.62. The van der Waals surface area contributed by atoms with Crippen LogP contribution in [0, 0.1) is 5.92 Å². The van der Waals surface area contributed by atoms with Gasteiger partial charge in [-0.15, -0.1) is 0 Å². The third kappa shape index (κ3) is 3.35. The molecule has 2 aromatic carbocycles. The van der Waals surface area contributed by atoms with Gasteiger partial charge in [0.25, 0.3) is 0 Å². The molecule has 0 aromatic heterocycles. The second-order valence-corrected chi connectivity index (χ2v) is 6.85. The lowest BCUT2D eigenvalue weighted by Gasteiger charge is -2.19. The van der Waals surface area contributed by atoms with E-state index in [0.29, 0.717) is 23.7 Å². The molecule has 2 atom stereocenters. The Hall–Kier alpha value is -3.29. The van der Waals surface area contributed by atoms with Crippen molar-refractivity contribution in [3.05, 3.63) is 35.4 Å². The van der Waals surface area contributed by atoms with Crippen LogP contribution in [0.15, 0.2) is 24.3 Å². The summed E-state index contributed by atoms with van der Waals surface area (Å²) in [5.74, 6) is 1.28. The molecular weight excluding hydrogens is 380 g/mol. The van der Waals surface area contributed by atoms with E-state index in [1.54, 1.807) is 19.2 Å². The molecule has 29 heavy (non-hydrogen) atoms. The Morgan fingerprint density at radius 3 is 2.31 bits per heavy atom. The fourth-order valence-electron chi connectivity index (χ4n) is 3.80. The highest BCUT2D eigenvalue weighted by atomic mass is 16.7. The van der Waals surface area contributed by atoms with Gasteiger partial charge in [0.05, 0.1) is 33.9 Å². The number of aromatic hydroxyl groups is 1. The summed E-state index contributed by atoms with van der Waals surface area (Å²) in [5.41, 5.74) is 1.66. The number of esters is 1. The van der Waals surface area contributed by atoms with Crippen LogP contribution in [0.25, 0.3) is 0 Å². The SMILES string of the molecule is COc1cc([C@H]2COC(=O)[C@@H]2Cc2cc(OC)c3c(c2)OCO3)cc(OC)c1O. The maximum Gasteiger partial charge on any atom is 0.310 e. The molecule has 4 rings (SSSR count). The number of methoxy groups -OCH3 is 3. The predicted molar refractivity (Wildman–Crippen MR) is 101 cm³/mol. The van der Waals surface area contributed by atoms with Crippen molar-refractivity contribution in [1.29, 1.82) is 0 Å². The molecule has 154 valence electrons. The molecule has 0 saturated carbocycles. The van der Waals surface area contributed by atoms with Crippen molar-refractivity contribution in [2.24, 2.45) is 5.92 Å². The van der Waals surface area contributed by atoms with E-state index >= 15 is 0 Å². The molecule has 0 bridgehead atoms. The van der Waals surface area contributed by atoms with Crippen LogP contribution in [-0.4, -0.2) is 45.8 Å². The molecule has 1 fully saturated rings. The van der Waals surface area contributed by atoms with Crippen LogP contribution in [0.5, 0.6) is 34.5 Å². The first-order valence-electron chi connectivity index (χ1n) is 9.13. The van der Waals surface area contributed by atoms with E-state index in [0.717, 1.165) is 11.1 Å². The Balaban J connectivity index is 1.66. The minimum Gasteiger partial charge on any atom is -0.502 e. The molecule has 2 aliphatic heterocycles. The number of carbonyl (C=O) groups is 1. The quantitative estimate of drug-likeness (QED) is 0.738. The monoisotopic (exact) mass is 402 g/mol. The summed E-state index contributed by atoms with van der Waals surface area (Å²) < 4.78 is 32.2. The zero-order valence-corrected chi connectivity index (χ0v) is 16.4. The summed E-state index contributed by atoms with van der Waals surface area (Å²) in [5, 5.41) is 10.2. The van der Waals surface area contributed by atoms with Gasteiger partial charge in [0.1, 0.15) is 0 Å². The topological polar surface area (TPSA) is 92.7 Å². The number of cyclic esters (lactones) is 1. The Bertz CT molecular complexity index is 914. The van der Waals surface area contributed by atoms with Crippen molar-refractivity contribution in [3.63, 3.8) is 0 Å². The third-order valence-corrected chi connectivity index (χ3v) is 5.30. The van der Waals surface area contributed by atoms with Gasteiger partial charge in [0, 0.05) is 5.92 Å². The molecule has 2 heterocycles. The van der Waals surface area contributed by atoms with Crippen molar-refractivity contribution in [1.82, 2.24) is 0 Å². The number of hydrogen-bond acceptors (Lipinski definition) is 8. The number of benzene rings is 2. The number of phenols is 1. The molecular formula is C21H22O8. The second-order valence-electron chi connectivity index (χ2n) is 6.85. The minimum atomic E-state index is -0.418. The van der Waals surface area contributed by atoms with Crippen LogP contribution in [0.1, 0.15) is 17.0 Å². The van der Waals surface area contributed by atoms with Gasteiger partial charge in [-0.25, -0.2) is 0 Å². The fourth-order valence-corrected chi connectivity index (χ4v) is 3.80. The van der Waals surface area contributed by atoms with Crippen LogP contribution in [0.4, 0.5) is 0 Å². The highest BCUT2D eigenvalue weighted by Gasteiger charge is 2.39. The van der Waals surface area contributed by atoms with Crippen molar-refractivity contribution < 1.29 is 38.3 Å². The van der Waals surface area contributed by atoms with Crippen LogP contribution in [0.2, 0.25) is 0 Å². The fraction of sp³-hybridized carbons (Fsp3) is 0.381. The first-order chi connectivity index (χ1) is 14.0. The van der Waals surface area contributed by atoms with E-state index in [9.17, 15) is 9.90 Å². The Morgan fingerprint density at radius 2 is 1.66 bits per heavy atom. The summed E-state index contributed by atoms with van der Waals surface area (Å²) in [6.07, 6.45) is 0.433. The molecule has 0 spiro atoms. The van der Waals surface area contributed by atoms with Crippen molar-refractivity contribution in [3.8, 4) is 34.5 Å². The maximum atomic E-state index is 12.5. The average molecular weight is 402 g/mol. The van der Waals surface area contributed by atoms with Crippen LogP contribution < -0.4 is 23.7 Å². The first-order valence-corrected chi connectivity index (χ1v) is 9.13. The van der Waals surface area contributed by atoms with Crippen LogP contribution in [0.3, 0.4) is 0 Å². The van der Waals surface area contributed by atoms with Crippen LogP contribution >= 0.6 is 0 Å². The average Bonchev–Trinajstić information content (AvgIpc) is 3.35. The highest BCUT2D eigenvalue weighted by Crippen LogP contribution is 2.45. The summed E-state index contributed by atoms with van der Waals surface area (Å²) in [4.78, 5) is 12.5. The molecule has 8 nitrogen and oxygen atoms in total. The standard InChI is InChI=1S/C21H22O8/c1-24-15-7-12(8-16(25-2)19(15)22)14-9-27-21(23)13(14)4-11-5-17(26-3)20-18(6-11)28-10-29-20/h5-8,13-14,22H,4,9-10H2,1-3H3/t13-,14-/m1/s1. The molecule has 0 unspecified atom stereocenters. The first kappa shape index (κ1) is 19.0. The molecule has 2 aromatic rings. The Kier molecular flexibility index (Phi) is 5.00. The lowest BCUT2D eigenvalue weighted by Crippen LogP contribution is -2.17. The number of rotatable bonds is 6. The summed E-state index contributed by atoms with van der Waals surface area (Å²) in [6.45, 7) is 0.374. The van der Waals surface area contributed by atoms with Crippen molar-refractivity contribution in [2.75, 3.05) is 34.7 Å². The lowest BCUT2D eigenvalue weighted by molar-refractivity contribution is -0.141. The summed E-state index contributed by atoms with van der Waals surface area (Å²) in [6, 6.07) is 7.11. The third-order valence-electron chi connectivity index (χ3n) is 5.30. The van der Waals surface area contributed by atoms with E-state index < -0.39 is 5.92 Å². The van der Waals surface area contributed by atoms with Crippen molar-refractivity contribution in [2.45, 2.75) is 12.3 Å². The minimum absolute atomic E-state index is 0.0824. The molecule has 0 amide bonds. The van der Waals surface area contributed by atoms with E-state index in [1.165, 1.54) is 14.2 Å². The number of phenolic OH excluding ortho intramolecular Hbond substituents is 1. The van der Waals surface area contributed by atoms with Gasteiger partial charge in [-0.2, -0.15) is 0 Å².